The topological polar surface area (TPSA) is 96.9 Å². The summed E-state index contributed by atoms with van der Waals surface area (Å²) in [4.78, 5) is 23.5. The number of alkyl carbamates (subject to hydrolysis) is 1. The van der Waals surface area contributed by atoms with Gasteiger partial charge in [-0.2, -0.15) is 0 Å². The lowest BCUT2D eigenvalue weighted by Crippen LogP contribution is -2.34. The van der Waals surface area contributed by atoms with Gasteiger partial charge in [0, 0.05) is 41.3 Å². The van der Waals surface area contributed by atoms with E-state index in [4.69, 9.17) is 9.47 Å². The summed E-state index contributed by atoms with van der Waals surface area (Å²) in [6.45, 7) is 6.92. The van der Waals surface area contributed by atoms with Gasteiger partial charge in [-0.05, 0) is 63.1 Å². The summed E-state index contributed by atoms with van der Waals surface area (Å²) >= 11 is 0. The van der Waals surface area contributed by atoms with Crippen LogP contribution in [0.1, 0.15) is 56.8 Å². The molecule has 1 aliphatic rings. The lowest BCUT2D eigenvalue weighted by atomic mass is 9.97. The number of halogens is 3. The number of benzene rings is 3. The number of carboxylic acids is 1. The number of nitrogens with one attached hydrogen (secondary N) is 2. The summed E-state index contributed by atoms with van der Waals surface area (Å²) in [5.41, 5.74) is 1.89. The number of aliphatic carboxylic acids is 1. The van der Waals surface area contributed by atoms with Gasteiger partial charge < -0.3 is 25.2 Å². The Morgan fingerprint density at radius 2 is 1.81 bits per heavy atom. The van der Waals surface area contributed by atoms with Crippen molar-refractivity contribution in [2.75, 3.05) is 11.9 Å². The smallest absolute Gasteiger partial charge is 0.408 e. The Kier molecular flexibility index (Phi) is 9.03. The van der Waals surface area contributed by atoms with Crippen molar-refractivity contribution in [3.8, 4) is 16.9 Å². The van der Waals surface area contributed by atoms with Crippen LogP contribution < -0.4 is 15.4 Å². The van der Waals surface area contributed by atoms with Crippen molar-refractivity contribution >= 4 is 17.7 Å². The highest BCUT2D eigenvalue weighted by molar-refractivity contribution is 5.72. The number of carbonyl (C=O) groups excluding carboxylic acids is 1. The van der Waals surface area contributed by atoms with E-state index in [1.807, 2.05) is 0 Å². The van der Waals surface area contributed by atoms with Crippen molar-refractivity contribution in [2.45, 2.75) is 64.7 Å². The van der Waals surface area contributed by atoms with E-state index in [1.54, 1.807) is 88.4 Å². The molecule has 0 aromatic heterocycles. The molecule has 3 aromatic carbocycles. The average molecular weight is 585 g/mol. The average Bonchev–Trinajstić information content (AvgIpc) is 3.51. The Labute approximate surface area is 243 Å². The molecule has 7 nitrogen and oxygen atoms in total. The molecule has 42 heavy (non-hydrogen) atoms. The highest BCUT2D eigenvalue weighted by Crippen LogP contribution is 2.48. The number of carboxylic acid groups (broad SMARTS) is 1. The quantitative estimate of drug-likeness (QED) is 0.218. The van der Waals surface area contributed by atoms with Crippen LogP contribution in [-0.4, -0.2) is 35.2 Å². The van der Waals surface area contributed by atoms with Crippen LogP contribution in [0.4, 0.5) is 23.7 Å². The highest BCUT2D eigenvalue weighted by Gasteiger charge is 2.56. The van der Waals surface area contributed by atoms with Crippen LogP contribution in [0.2, 0.25) is 0 Å². The second kappa shape index (κ2) is 12.3. The summed E-state index contributed by atoms with van der Waals surface area (Å²) in [6.07, 6.45) is -1.08. The number of anilines is 1. The van der Waals surface area contributed by atoms with Gasteiger partial charge in [0.2, 0.25) is 0 Å². The summed E-state index contributed by atoms with van der Waals surface area (Å²) < 4.78 is 54.2. The van der Waals surface area contributed by atoms with E-state index < -0.39 is 41.4 Å². The van der Waals surface area contributed by atoms with E-state index in [0.29, 0.717) is 28.1 Å². The monoisotopic (exact) mass is 584 g/mol. The summed E-state index contributed by atoms with van der Waals surface area (Å²) in [5, 5.41) is 14.9. The first-order valence-corrected chi connectivity index (χ1v) is 13.7. The second-order valence-corrected chi connectivity index (χ2v) is 11.5. The van der Waals surface area contributed by atoms with Crippen molar-refractivity contribution in [3.63, 3.8) is 0 Å². The molecule has 0 heterocycles. The first-order chi connectivity index (χ1) is 19.7. The normalized spacial score (nSPS) is 16.3. The van der Waals surface area contributed by atoms with Gasteiger partial charge in [-0.25, -0.2) is 18.0 Å². The lowest BCUT2D eigenvalue weighted by Gasteiger charge is -2.22. The number of amides is 1. The number of rotatable bonds is 11. The number of hydrogen-bond acceptors (Lipinski definition) is 5. The van der Waals surface area contributed by atoms with Crippen LogP contribution >= 0.6 is 0 Å². The number of para-hydroxylation sites is 1. The number of ether oxygens (including phenoxy) is 2. The molecule has 1 aliphatic carbocycles. The SMILES string of the molecule is C[C@@H](NC(=O)OC(C)(C)C)c1cccc(-c2cc(COc3ccccc3CC(=O)O)cc(NCC3CC3(F)F)c2)c1F. The lowest BCUT2D eigenvalue weighted by molar-refractivity contribution is -0.136. The molecule has 1 unspecified atom stereocenters. The zero-order valence-corrected chi connectivity index (χ0v) is 24.0. The number of alkyl halides is 2. The fourth-order valence-corrected chi connectivity index (χ4v) is 4.55. The minimum atomic E-state index is -2.69. The van der Waals surface area contributed by atoms with Crippen molar-refractivity contribution < 1.29 is 37.3 Å². The van der Waals surface area contributed by atoms with Crippen LogP contribution in [0.25, 0.3) is 11.1 Å². The first kappa shape index (κ1) is 30.7. The Morgan fingerprint density at radius 3 is 2.48 bits per heavy atom. The molecule has 0 spiro atoms. The highest BCUT2D eigenvalue weighted by atomic mass is 19.3. The molecule has 224 valence electrons. The minimum Gasteiger partial charge on any atom is -0.489 e. The maximum Gasteiger partial charge on any atom is 0.408 e. The Bertz CT molecular complexity index is 1450. The summed E-state index contributed by atoms with van der Waals surface area (Å²) in [5.74, 6) is -4.62. The second-order valence-electron chi connectivity index (χ2n) is 11.5. The molecule has 1 amide bonds. The predicted molar refractivity (Wildman–Crippen MR) is 153 cm³/mol. The molecule has 1 fully saturated rings. The third-order valence-electron chi connectivity index (χ3n) is 6.75. The molecule has 0 bridgehead atoms. The van der Waals surface area contributed by atoms with Crippen LogP contribution in [-0.2, 0) is 22.6 Å². The molecule has 2 atom stereocenters. The Hall–Kier alpha value is -4.21. The van der Waals surface area contributed by atoms with E-state index in [9.17, 15) is 23.5 Å². The van der Waals surface area contributed by atoms with Gasteiger partial charge in [0.25, 0.3) is 5.92 Å². The van der Waals surface area contributed by atoms with Crippen LogP contribution in [0.5, 0.6) is 5.75 Å². The first-order valence-electron chi connectivity index (χ1n) is 13.7. The van der Waals surface area contributed by atoms with Crippen molar-refractivity contribution in [3.05, 3.63) is 83.2 Å². The van der Waals surface area contributed by atoms with Crippen molar-refractivity contribution in [2.24, 2.45) is 5.92 Å². The van der Waals surface area contributed by atoms with Gasteiger partial charge in [0.05, 0.1) is 12.5 Å². The van der Waals surface area contributed by atoms with E-state index >= 15 is 4.39 Å². The van der Waals surface area contributed by atoms with E-state index in [-0.39, 0.29) is 37.1 Å². The molecule has 10 heteroatoms. The van der Waals surface area contributed by atoms with Crippen LogP contribution in [0.15, 0.2) is 60.7 Å². The van der Waals surface area contributed by atoms with Gasteiger partial charge in [-0.1, -0.05) is 36.4 Å². The van der Waals surface area contributed by atoms with Crippen LogP contribution in [0.3, 0.4) is 0 Å². The van der Waals surface area contributed by atoms with E-state index in [1.165, 1.54) is 0 Å². The largest absolute Gasteiger partial charge is 0.489 e. The summed E-state index contributed by atoms with van der Waals surface area (Å²) in [7, 11) is 0. The van der Waals surface area contributed by atoms with Crippen LogP contribution in [0, 0.1) is 11.7 Å². The molecular weight excluding hydrogens is 549 g/mol. The Balaban J connectivity index is 1.62. The van der Waals surface area contributed by atoms with Crippen molar-refractivity contribution in [1.82, 2.24) is 5.32 Å². The third-order valence-corrected chi connectivity index (χ3v) is 6.75. The number of hydrogen-bond donors (Lipinski definition) is 3. The molecule has 3 aromatic rings. The molecule has 0 radical (unpaired) electrons. The van der Waals surface area contributed by atoms with Gasteiger partial charge >= 0.3 is 12.1 Å². The number of carbonyl (C=O) groups is 2. The van der Waals surface area contributed by atoms with E-state index in [0.717, 1.165) is 0 Å². The maximum absolute atomic E-state index is 15.9. The predicted octanol–water partition coefficient (Wildman–Crippen LogP) is 7.35. The summed E-state index contributed by atoms with van der Waals surface area (Å²) in [6, 6.07) is 16.1. The van der Waals surface area contributed by atoms with Crippen molar-refractivity contribution in [1.29, 1.82) is 0 Å². The van der Waals surface area contributed by atoms with Gasteiger partial charge in [0.15, 0.2) is 0 Å². The molecule has 4 rings (SSSR count). The fraction of sp³-hybridized carbons (Fsp3) is 0.375. The molecule has 3 N–H and O–H groups in total. The third kappa shape index (κ3) is 8.18. The standard InChI is InChI=1S/C32H35F3N2O5/c1-19(37-30(40)42-31(2,3)4)25-9-7-10-26(29(25)33)22-12-20(13-24(14-22)36-17-23-16-32(23,34)35)18-41-27-11-6-5-8-21(27)15-28(38)39/h5-14,19,23,36H,15-18H2,1-4H3,(H,37,40)(H,38,39)/t19-,23?/m1/s1. The maximum atomic E-state index is 15.9. The molecular formula is C32H35F3N2O5. The minimum absolute atomic E-state index is 0.0245. The Morgan fingerprint density at radius 1 is 1.10 bits per heavy atom. The zero-order valence-electron chi connectivity index (χ0n) is 24.0. The molecule has 0 aliphatic heterocycles. The van der Waals surface area contributed by atoms with Gasteiger partial charge in [-0.15, -0.1) is 0 Å². The van der Waals surface area contributed by atoms with E-state index in [2.05, 4.69) is 10.6 Å². The van der Waals surface area contributed by atoms with Gasteiger partial charge in [-0.3, -0.25) is 4.79 Å². The molecule has 0 saturated heterocycles. The zero-order chi connectivity index (χ0) is 30.7. The molecule has 1 saturated carbocycles. The fourth-order valence-electron chi connectivity index (χ4n) is 4.55. The van der Waals surface area contributed by atoms with Gasteiger partial charge in [0.1, 0.15) is 23.8 Å².